The third-order valence-electron chi connectivity index (χ3n) is 1.91. The van der Waals surface area contributed by atoms with Crippen molar-refractivity contribution in [2.75, 3.05) is 13.7 Å². The molecule has 94 valence electrons. The van der Waals surface area contributed by atoms with Gasteiger partial charge in [0.05, 0.1) is 19.3 Å². The Morgan fingerprint density at radius 2 is 2.18 bits per heavy atom. The molecule has 0 N–H and O–H groups in total. The predicted molar refractivity (Wildman–Crippen MR) is 51.7 cm³/mol. The molecule has 0 bridgehead atoms. The van der Waals surface area contributed by atoms with Crippen molar-refractivity contribution in [1.29, 1.82) is 0 Å². The molecule has 0 atom stereocenters. The maximum Gasteiger partial charge on any atom is 0.360 e. The molecule has 0 saturated carbocycles. The van der Waals surface area contributed by atoms with E-state index in [0.717, 1.165) is 7.11 Å². The third-order valence-corrected chi connectivity index (χ3v) is 1.91. The molecule has 0 radical (unpaired) electrons. The average Bonchev–Trinajstić information content (AvgIpc) is 2.28. The van der Waals surface area contributed by atoms with Crippen molar-refractivity contribution in [2.24, 2.45) is 0 Å². The first kappa shape index (κ1) is 13.3. The molecule has 1 heterocycles. The Morgan fingerprint density at radius 1 is 1.53 bits per heavy atom. The van der Waals surface area contributed by atoms with Gasteiger partial charge in [-0.25, -0.2) is 22.9 Å². The lowest BCUT2D eigenvalue weighted by Gasteiger charge is -2.10. The lowest BCUT2D eigenvalue weighted by Crippen LogP contribution is -2.12. The van der Waals surface area contributed by atoms with Gasteiger partial charge in [0.15, 0.2) is 17.3 Å². The molecule has 0 aliphatic rings. The normalized spacial score (nSPS) is 10.5. The molecule has 0 amide bonds. The molecule has 0 unspecified atom stereocenters. The molecule has 0 spiro atoms. The van der Waals surface area contributed by atoms with E-state index in [9.17, 15) is 18.0 Å². The van der Waals surface area contributed by atoms with Crippen molar-refractivity contribution in [3.05, 3.63) is 23.3 Å². The van der Waals surface area contributed by atoms with Crippen LogP contribution >= 0.6 is 0 Å². The van der Waals surface area contributed by atoms with E-state index in [1.165, 1.54) is 6.92 Å². The maximum absolute atomic E-state index is 13.6. The second-order valence-corrected chi connectivity index (χ2v) is 2.93. The van der Waals surface area contributed by atoms with Crippen LogP contribution in [0.4, 0.5) is 13.2 Å². The van der Waals surface area contributed by atoms with Crippen LogP contribution in [0.1, 0.15) is 29.4 Å². The molecule has 0 aromatic carbocycles. The largest absolute Gasteiger partial charge is 0.493 e. The third kappa shape index (κ3) is 2.66. The van der Waals surface area contributed by atoms with Crippen molar-refractivity contribution in [1.82, 2.24) is 4.98 Å². The number of halogens is 3. The first-order chi connectivity index (χ1) is 8.02. The first-order valence-corrected chi connectivity index (χ1v) is 4.70. The Morgan fingerprint density at radius 3 is 2.65 bits per heavy atom. The van der Waals surface area contributed by atoms with Crippen molar-refractivity contribution >= 4 is 5.97 Å². The van der Waals surface area contributed by atoms with Gasteiger partial charge in [0, 0.05) is 6.20 Å². The Bertz CT molecular complexity index is 424. The predicted octanol–water partition coefficient (Wildman–Crippen LogP) is 2.34. The smallest absolute Gasteiger partial charge is 0.360 e. The molecule has 0 saturated heterocycles. The summed E-state index contributed by atoms with van der Waals surface area (Å²) in [4.78, 5) is 14.6. The van der Waals surface area contributed by atoms with Crippen LogP contribution < -0.4 is 4.74 Å². The fourth-order valence-corrected chi connectivity index (χ4v) is 1.19. The number of esters is 1. The zero-order valence-electron chi connectivity index (χ0n) is 9.17. The lowest BCUT2D eigenvalue weighted by atomic mass is 10.2. The summed E-state index contributed by atoms with van der Waals surface area (Å²) < 4.78 is 47.6. The van der Waals surface area contributed by atoms with E-state index in [4.69, 9.17) is 0 Å². The van der Waals surface area contributed by atoms with E-state index in [1.807, 2.05) is 0 Å². The summed E-state index contributed by atoms with van der Waals surface area (Å²) in [5.74, 6) is -2.97. The van der Waals surface area contributed by atoms with E-state index in [2.05, 4.69) is 14.5 Å². The fraction of sp³-hybridized carbons (Fsp3) is 0.400. The highest BCUT2D eigenvalue weighted by Crippen LogP contribution is 2.31. The first-order valence-electron chi connectivity index (χ1n) is 4.70. The zero-order valence-corrected chi connectivity index (χ0v) is 9.17. The Balaban J connectivity index is 3.24. The van der Waals surface area contributed by atoms with Crippen molar-refractivity contribution < 1.29 is 27.4 Å². The van der Waals surface area contributed by atoms with Gasteiger partial charge in [-0.1, -0.05) is 0 Å². The molecule has 0 aliphatic heterocycles. The average molecular weight is 249 g/mol. The van der Waals surface area contributed by atoms with Gasteiger partial charge in [0.25, 0.3) is 6.43 Å². The van der Waals surface area contributed by atoms with Crippen molar-refractivity contribution in [2.45, 2.75) is 13.3 Å². The monoisotopic (exact) mass is 249 g/mol. The van der Waals surface area contributed by atoms with Crippen LogP contribution in [0.25, 0.3) is 0 Å². The Labute approximate surface area is 95.4 Å². The molecule has 0 aliphatic carbocycles. The minimum Gasteiger partial charge on any atom is -0.493 e. The van der Waals surface area contributed by atoms with E-state index in [1.54, 1.807) is 0 Å². The highest BCUT2D eigenvalue weighted by molar-refractivity contribution is 5.88. The lowest BCUT2D eigenvalue weighted by molar-refractivity contribution is 0.0511. The number of pyridine rings is 1. The van der Waals surface area contributed by atoms with Gasteiger partial charge in [-0.15, -0.1) is 0 Å². The molecule has 7 heteroatoms. The molecule has 1 aromatic rings. The number of rotatable bonds is 4. The van der Waals surface area contributed by atoms with Crippen LogP contribution in [0.5, 0.6) is 5.75 Å². The summed E-state index contributed by atoms with van der Waals surface area (Å²) >= 11 is 0. The standard InChI is InChI=1S/C10H10F3NO3/c1-3-17-10(15)7-6(11)8(16-2)5(4-14-7)9(12)13/h4,9H,3H2,1-2H3. The summed E-state index contributed by atoms with van der Waals surface area (Å²) in [5.41, 5.74) is -1.38. The van der Waals surface area contributed by atoms with E-state index in [-0.39, 0.29) is 6.61 Å². The van der Waals surface area contributed by atoms with Crippen LogP contribution in [0.2, 0.25) is 0 Å². The number of ether oxygens (including phenoxy) is 2. The molecular weight excluding hydrogens is 239 g/mol. The molecular formula is C10H10F3NO3. The Kier molecular flexibility index (Phi) is 4.30. The van der Waals surface area contributed by atoms with Crippen molar-refractivity contribution in [3.63, 3.8) is 0 Å². The number of alkyl halides is 2. The summed E-state index contributed by atoms with van der Waals surface area (Å²) in [7, 11) is 1.03. The van der Waals surface area contributed by atoms with Crippen LogP contribution in [0.3, 0.4) is 0 Å². The zero-order chi connectivity index (χ0) is 13.0. The van der Waals surface area contributed by atoms with Crippen LogP contribution in [-0.4, -0.2) is 24.7 Å². The van der Waals surface area contributed by atoms with Crippen LogP contribution in [0.15, 0.2) is 6.20 Å². The van der Waals surface area contributed by atoms with Gasteiger partial charge in [-0.2, -0.15) is 0 Å². The summed E-state index contributed by atoms with van der Waals surface area (Å²) in [6.45, 7) is 1.55. The molecule has 0 fully saturated rings. The molecule has 4 nitrogen and oxygen atoms in total. The number of carbonyl (C=O) groups is 1. The summed E-state index contributed by atoms with van der Waals surface area (Å²) in [5, 5.41) is 0. The van der Waals surface area contributed by atoms with Gasteiger partial charge >= 0.3 is 5.97 Å². The highest BCUT2D eigenvalue weighted by atomic mass is 19.3. The number of hydrogen-bond donors (Lipinski definition) is 0. The molecule has 1 rings (SSSR count). The number of methoxy groups -OCH3 is 1. The number of nitrogens with zero attached hydrogens (tertiary/aromatic N) is 1. The number of carbonyl (C=O) groups excluding carboxylic acids is 1. The molecule has 17 heavy (non-hydrogen) atoms. The van der Waals surface area contributed by atoms with Gasteiger partial charge in [-0.05, 0) is 6.92 Å². The molecule has 1 aromatic heterocycles. The highest BCUT2D eigenvalue weighted by Gasteiger charge is 2.25. The van der Waals surface area contributed by atoms with Gasteiger partial charge in [0.2, 0.25) is 0 Å². The summed E-state index contributed by atoms with van der Waals surface area (Å²) in [6, 6.07) is 0. The maximum atomic E-state index is 13.6. The van der Waals surface area contributed by atoms with E-state index in [0.29, 0.717) is 6.20 Å². The fourth-order valence-electron chi connectivity index (χ4n) is 1.19. The van der Waals surface area contributed by atoms with E-state index < -0.39 is 35.2 Å². The van der Waals surface area contributed by atoms with Crippen molar-refractivity contribution in [3.8, 4) is 5.75 Å². The quantitative estimate of drug-likeness (QED) is 0.768. The topological polar surface area (TPSA) is 48.4 Å². The second-order valence-electron chi connectivity index (χ2n) is 2.93. The SMILES string of the molecule is CCOC(=O)c1ncc(C(F)F)c(OC)c1F. The summed E-state index contributed by atoms with van der Waals surface area (Å²) in [6.07, 6.45) is -2.25. The minimum absolute atomic E-state index is 0.0267. The number of aromatic nitrogens is 1. The van der Waals surface area contributed by atoms with Gasteiger partial charge in [-0.3, -0.25) is 0 Å². The van der Waals surface area contributed by atoms with Crippen LogP contribution in [-0.2, 0) is 4.74 Å². The Hall–Kier alpha value is -1.79. The number of hydrogen-bond acceptors (Lipinski definition) is 4. The van der Waals surface area contributed by atoms with Crippen LogP contribution in [0, 0.1) is 5.82 Å². The minimum atomic E-state index is -2.94. The van der Waals surface area contributed by atoms with E-state index >= 15 is 0 Å². The second kappa shape index (κ2) is 5.51. The van der Waals surface area contributed by atoms with Gasteiger partial charge in [0.1, 0.15) is 0 Å². The van der Waals surface area contributed by atoms with Gasteiger partial charge < -0.3 is 9.47 Å².